The number of hydrogen-bond acceptors (Lipinski definition) is 11. The highest BCUT2D eigenvalue weighted by atomic mass is 35.5. The Hall–Kier alpha value is -4.26. The van der Waals surface area contributed by atoms with Gasteiger partial charge < -0.3 is 24.1 Å². The van der Waals surface area contributed by atoms with Crippen molar-refractivity contribution in [3.05, 3.63) is 87.9 Å². The van der Waals surface area contributed by atoms with Crippen LogP contribution in [-0.4, -0.2) is 53.9 Å². The highest BCUT2D eigenvalue weighted by Crippen LogP contribution is 2.46. The number of benzene rings is 3. The van der Waals surface area contributed by atoms with Crippen molar-refractivity contribution in [1.82, 2.24) is 10.2 Å². The number of fused-ring (bicyclic) bond motifs is 1. The Kier molecular flexibility index (Phi) is 10.2. The molecule has 0 bridgehead atoms. The molecule has 2 aliphatic rings. The third-order valence-corrected chi connectivity index (χ3v) is 10.2. The first kappa shape index (κ1) is 32.7. The lowest BCUT2D eigenvalue weighted by molar-refractivity contribution is -0.132. The van der Waals surface area contributed by atoms with Gasteiger partial charge in [-0.1, -0.05) is 78.7 Å². The molecule has 13 heteroatoms. The first-order valence-electron chi connectivity index (χ1n) is 15.1. The van der Waals surface area contributed by atoms with Crippen LogP contribution in [0.15, 0.2) is 70.6 Å². The smallest absolute Gasteiger partial charge is 0.301 e. The van der Waals surface area contributed by atoms with E-state index in [0.29, 0.717) is 69.1 Å². The van der Waals surface area contributed by atoms with Crippen molar-refractivity contribution in [3.8, 4) is 23.0 Å². The number of ketones is 1. The number of anilines is 1. The first-order valence-corrected chi connectivity index (χ1v) is 17.3. The molecule has 0 spiro atoms. The van der Waals surface area contributed by atoms with Crippen LogP contribution in [0.5, 0.6) is 23.0 Å². The van der Waals surface area contributed by atoms with Gasteiger partial charge in [-0.25, -0.2) is 0 Å². The molecule has 244 valence electrons. The maximum Gasteiger partial charge on any atom is 0.301 e. The number of aliphatic hydroxyl groups is 1. The number of nitrogens with zero attached hydrogens (tertiary/aromatic N) is 3. The Labute approximate surface area is 285 Å². The van der Waals surface area contributed by atoms with Gasteiger partial charge in [0, 0.05) is 16.3 Å². The van der Waals surface area contributed by atoms with Crippen LogP contribution in [0.3, 0.4) is 0 Å². The highest BCUT2D eigenvalue weighted by molar-refractivity contribution is 8.00. The SMILES string of the molecule is CCCCCOc1ccc(C2/C(=C(\O)c3ccc4c(c3)OCCO4)C(=O)C(=O)N2c2nnc(SCc3ccccc3Cl)s2)cc1OC. The summed E-state index contributed by atoms with van der Waals surface area (Å²) in [7, 11) is 1.53. The topological polar surface area (TPSA) is 120 Å². The molecule has 47 heavy (non-hydrogen) atoms. The van der Waals surface area contributed by atoms with Crippen molar-refractivity contribution in [2.75, 3.05) is 31.8 Å². The van der Waals surface area contributed by atoms with Gasteiger partial charge in [-0.2, -0.15) is 0 Å². The second-order valence-electron chi connectivity index (χ2n) is 10.7. The number of rotatable bonds is 12. The van der Waals surface area contributed by atoms with Crippen LogP contribution >= 0.6 is 34.7 Å². The number of hydrogen-bond donors (Lipinski definition) is 1. The Morgan fingerprint density at radius 3 is 2.64 bits per heavy atom. The number of Topliss-reactive ketones (excluding diaryl/α,β-unsaturated/α-hetero) is 1. The number of carbonyl (C=O) groups is 2. The summed E-state index contributed by atoms with van der Waals surface area (Å²) >= 11 is 8.92. The molecule has 2 aliphatic heterocycles. The van der Waals surface area contributed by atoms with E-state index in [9.17, 15) is 14.7 Å². The summed E-state index contributed by atoms with van der Waals surface area (Å²) in [6.45, 7) is 3.40. The second-order valence-corrected chi connectivity index (χ2v) is 13.3. The maximum absolute atomic E-state index is 13.8. The number of carbonyl (C=O) groups excluding carboxylic acids is 2. The predicted octanol–water partition coefficient (Wildman–Crippen LogP) is 7.46. The molecule has 1 N–H and O–H groups in total. The number of aromatic nitrogens is 2. The van der Waals surface area contributed by atoms with Gasteiger partial charge in [0.1, 0.15) is 19.0 Å². The minimum absolute atomic E-state index is 0.106. The van der Waals surface area contributed by atoms with Gasteiger partial charge in [0.15, 0.2) is 27.3 Å². The standard InChI is InChI=1S/C34H32ClN3O7S2/c1-3-4-7-14-43-24-12-10-20(17-26(24)42-2)29-28(30(39)21-11-13-25-27(18-21)45-16-15-44-25)31(40)32(41)38(29)33-36-37-34(47-33)46-19-22-8-5-6-9-23(22)35/h5-6,8-13,17-18,29,39H,3-4,7,14-16,19H2,1-2H3/b30-28+. The van der Waals surface area contributed by atoms with Crippen LogP contribution < -0.4 is 23.8 Å². The maximum atomic E-state index is 13.8. The van der Waals surface area contributed by atoms with E-state index in [1.54, 1.807) is 36.4 Å². The molecule has 0 aliphatic carbocycles. The molecular weight excluding hydrogens is 662 g/mol. The average molecular weight is 694 g/mol. The Morgan fingerprint density at radius 1 is 1.04 bits per heavy atom. The highest BCUT2D eigenvalue weighted by Gasteiger charge is 2.48. The number of unbranched alkanes of at least 4 members (excludes halogenated alkanes) is 2. The van der Waals surface area contributed by atoms with E-state index >= 15 is 0 Å². The third kappa shape index (κ3) is 6.90. The van der Waals surface area contributed by atoms with E-state index < -0.39 is 17.7 Å². The van der Waals surface area contributed by atoms with E-state index in [2.05, 4.69) is 17.1 Å². The van der Waals surface area contributed by atoms with Gasteiger partial charge in [-0.05, 0) is 53.9 Å². The normalized spacial score (nSPS) is 16.8. The van der Waals surface area contributed by atoms with E-state index in [-0.39, 0.29) is 16.5 Å². The Morgan fingerprint density at radius 2 is 1.85 bits per heavy atom. The molecular formula is C34H32ClN3O7S2. The lowest BCUT2D eigenvalue weighted by Gasteiger charge is -2.24. The van der Waals surface area contributed by atoms with Gasteiger partial charge >= 0.3 is 5.91 Å². The molecule has 3 heterocycles. The fourth-order valence-corrected chi connectivity index (χ4v) is 7.47. The van der Waals surface area contributed by atoms with Crippen LogP contribution in [0.2, 0.25) is 5.02 Å². The molecule has 1 aromatic heterocycles. The number of halogens is 1. The van der Waals surface area contributed by atoms with Crippen molar-refractivity contribution in [1.29, 1.82) is 0 Å². The quantitative estimate of drug-likeness (QED) is 0.0400. The number of thioether (sulfide) groups is 1. The van der Waals surface area contributed by atoms with Gasteiger partial charge in [0.05, 0.1) is 25.3 Å². The van der Waals surface area contributed by atoms with Crippen LogP contribution in [0, 0.1) is 0 Å². The van der Waals surface area contributed by atoms with Crippen molar-refractivity contribution in [2.24, 2.45) is 0 Å². The summed E-state index contributed by atoms with van der Waals surface area (Å²) in [6, 6.07) is 16.6. The van der Waals surface area contributed by atoms with Gasteiger partial charge in [0.2, 0.25) is 5.13 Å². The largest absolute Gasteiger partial charge is 0.507 e. The minimum Gasteiger partial charge on any atom is -0.507 e. The summed E-state index contributed by atoms with van der Waals surface area (Å²) in [4.78, 5) is 28.8. The van der Waals surface area contributed by atoms with Crippen molar-refractivity contribution < 1.29 is 33.6 Å². The van der Waals surface area contributed by atoms with E-state index in [4.69, 9.17) is 30.5 Å². The lowest BCUT2D eigenvalue weighted by Crippen LogP contribution is -2.29. The fourth-order valence-electron chi connectivity index (χ4n) is 5.31. The van der Waals surface area contributed by atoms with Crippen LogP contribution in [0.4, 0.5) is 5.13 Å². The number of amides is 1. The molecule has 1 saturated heterocycles. The lowest BCUT2D eigenvalue weighted by atomic mass is 9.95. The summed E-state index contributed by atoms with van der Waals surface area (Å²) in [5.74, 6) is 0.402. The van der Waals surface area contributed by atoms with Gasteiger partial charge in [0.25, 0.3) is 5.78 Å². The number of methoxy groups -OCH3 is 1. The molecule has 10 nitrogen and oxygen atoms in total. The summed E-state index contributed by atoms with van der Waals surface area (Å²) in [6.07, 6.45) is 2.99. The molecule has 0 radical (unpaired) electrons. The average Bonchev–Trinajstić information content (AvgIpc) is 3.67. The molecule has 3 aromatic carbocycles. The third-order valence-electron chi connectivity index (χ3n) is 7.68. The molecule has 1 fully saturated rings. The van der Waals surface area contributed by atoms with Crippen molar-refractivity contribution >= 4 is 57.3 Å². The van der Waals surface area contributed by atoms with Crippen LogP contribution in [0.25, 0.3) is 5.76 Å². The van der Waals surface area contributed by atoms with Crippen molar-refractivity contribution in [2.45, 2.75) is 42.3 Å². The molecule has 1 unspecified atom stereocenters. The second kappa shape index (κ2) is 14.7. The van der Waals surface area contributed by atoms with Crippen LogP contribution in [0.1, 0.15) is 48.9 Å². The van der Waals surface area contributed by atoms with Crippen LogP contribution in [-0.2, 0) is 15.3 Å². The summed E-state index contributed by atoms with van der Waals surface area (Å²) in [5.41, 5.74) is 1.64. The van der Waals surface area contributed by atoms with Gasteiger partial charge in [-0.3, -0.25) is 14.5 Å². The van der Waals surface area contributed by atoms with E-state index in [1.807, 2.05) is 24.3 Å². The number of ether oxygens (including phenoxy) is 4. The number of aliphatic hydroxyl groups excluding tert-OH is 1. The molecule has 1 amide bonds. The van der Waals surface area contributed by atoms with E-state index in [0.717, 1.165) is 24.8 Å². The van der Waals surface area contributed by atoms with Gasteiger partial charge in [-0.15, -0.1) is 10.2 Å². The monoisotopic (exact) mass is 693 g/mol. The molecule has 0 saturated carbocycles. The zero-order chi connectivity index (χ0) is 32.9. The zero-order valence-corrected chi connectivity index (χ0v) is 28.1. The fraction of sp³-hybridized carbons (Fsp3) is 0.294. The predicted molar refractivity (Wildman–Crippen MR) is 181 cm³/mol. The molecule has 4 aromatic rings. The zero-order valence-electron chi connectivity index (χ0n) is 25.7. The molecule has 1 atom stereocenters. The summed E-state index contributed by atoms with van der Waals surface area (Å²) < 4.78 is 23.6. The Balaban J connectivity index is 1.39. The first-order chi connectivity index (χ1) is 22.9. The minimum atomic E-state index is -1.04. The van der Waals surface area contributed by atoms with E-state index in [1.165, 1.54) is 35.1 Å². The summed E-state index contributed by atoms with van der Waals surface area (Å²) in [5, 5.41) is 21.1. The van der Waals surface area contributed by atoms with Crippen molar-refractivity contribution in [3.63, 3.8) is 0 Å². The molecule has 6 rings (SSSR count). The Bertz CT molecular complexity index is 1830.